The highest BCUT2D eigenvalue weighted by Crippen LogP contribution is 2.29. The van der Waals surface area contributed by atoms with Gasteiger partial charge in [0.1, 0.15) is 11.1 Å². The minimum Gasteiger partial charge on any atom is -0.422 e. The lowest BCUT2D eigenvalue weighted by Crippen LogP contribution is -2.20. The highest BCUT2D eigenvalue weighted by molar-refractivity contribution is 6.14. The first-order chi connectivity index (χ1) is 13.7. The van der Waals surface area contributed by atoms with Crippen LogP contribution in [0.1, 0.15) is 10.4 Å². The molecule has 0 aliphatic rings. The molecule has 6 heteroatoms. The van der Waals surface area contributed by atoms with Crippen LogP contribution in [0.15, 0.2) is 82.3 Å². The van der Waals surface area contributed by atoms with Gasteiger partial charge in [0.15, 0.2) is 0 Å². The number of amides is 1. The first kappa shape index (κ1) is 16.1. The third-order valence-electron chi connectivity index (χ3n) is 4.60. The molecule has 0 aliphatic heterocycles. The summed E-state index contributed by atoms with van der Waals surface area (Å²) in [5.41, 5.74) is 1.70. The molecule has 1 amide bonds. The molecule has 5 rings (SSSR count). The van der Waals surface area contributed by atoms with Crippen molar-refractivity contribution >= 4 is 44.4 Å². The molecule has 6 nitrogen and oxygen atoms in total. The third-order valence-corrected chi connectivity index (χ3v) is 4.60. The van der Waals surface area contributed by atoms with Crippen LogP contribution in [0.3, 0.4) is 0 Å². The number of hydrogen-bond acceptors (Lipinski definition) is 5. The van der Waals surface area contributed by atoms with Crippen LogP contribution in [0.5, 0.6) is 0 Å². The van der Waals surface area contributed by atoms with Gasteiger partial charge in [0.05, 0.1) is 16.7 Å². The highest BCUT2D eigenvalue weighted by atomic mass is 16.4. The number of aromatic nitrogens is 2. The summed E-state index contributed by atoms with van der Waals surface area (Å²) < 4.78 is 5.27. The Balaban J connectivity index is 1.64. The molecule has 2 aromatic carbocycles. The summed E-state index contributed by atoms with van der Waals surface area (Å²) in [7, 11) is 0. The Bertz CT molecular complexity index is 1440. The maximum atomic E-state index is 12.9. The van der Waals surface area contributed by atoms with Crippen molar-refractivity contribution in [1.82, 2.24) is 9.97 Å². The standard InChI is InChI=1S/C22H13N3O3/c26-21(16-11-13-5-1-2-8-18(13)28-22(16)27)25-17-12-14-6-3-9-23-19(14)20-15(17)7-4-10-24-20/h1-12H,(H,25,26). The minimum absolute atomic E-state index is 0.0537. The molecule has 134 valence electrons. The van der Waals surface area contributed by atoms with E-state index in [4.69, 9.17) is 4.42 Å². The maximum Gasteiger partial charge on any atom is 0.349 e. The van der Waals surface area contributed by atoms with Gasteiger partial charge in [-0.15, -0.1) is 0 Å². The molecule has 0 unspecified atom stereocenters. The van der Waals surface area contributed by atoms with E-state index in [-0.39, 0.29) is 5.56 Å². The van der Waals surface area contributed by atoms with E-state index >= 15 is 0 Å². The molecule has 0 aliphatic carbocycles. The predicted octanol–water partition coefficient (Wildman–Crippen LogP) is 4.14. The quantitative estimate of drug-likeness (QED) is 0.374. The van der Waals surface area contributed by atoms with Gasteiger partial charge in [-0.3, -0.25) is 14.8 Å². The molecule has 1 N–H and O–H groups in total. The molecule has 0 bridgehead atoms. The lowest BCUT2D eigenvalue weighted by molar-refractivity contribution is 0.102. The maximum absolute atomic E-state index is 12.9. The fraction of sp³-hybridized carbons (Fsp3) is 0. The average Bonchev–Trinajstić information content (AvgIpc) is 2.73. The van der Waals surface area contributed by atoms with Crippen molar-refractivity contribution in [1.29, 1.82) is 0 Å². The van der Waals surface area contributed by atoms with Gasteiger partial charge < -0.3 is 9.73 Å². The summed E-state index contributed by atoms with van der Waals surface area (Å²) in [5.74, 6) is -0.534. The number of benzene rings is 2. The fourth-order valence-corrected chi connectivity index (χ4v) is 3.29. The van der Waals surface area contributed by atoms with Gasteiger partial charge in [0, 0.05) is 28.6 Å². The topological polar surface area (TPSA) is 85.1 Å². The van der Waals surface area contributed by atoms with Gasteiger partial charge in [-0.25, -0.2) is 4.79 Å². The van der Waals surface area contributed by atoms with Gasteiger partial charge >= 0.3 is 5.63 Å². The second-order valence-electron chi connectivity index (χ2n) is 6.34. The van der Waals surface area contributed by atoms with Crippen molar-refractivity contribution in [3.05, 3.63) is 89.0 Å². The molecular formula is C22H13N3O3. The smallest absolute Gasteiger partial charge is 0.349 e. The van der Waals surface area contributed by atoms with E-state index in [0.717, 1.165) is 16.3 Å². The van der Waals surface area contributed by atoms with Crippen LogP contribution in [0.25, 0.3) is 32.8 Å². The average molecular weight is 367 g/mol. The second kappa shape index (κ2) is 6.28. The number of fused-ring (bicyclic) bond motifs is 4. The summed E-state index contributed by atoms with van der Waals surface area (Å²) in [4.78, 5) is 34.0. The number of carbonyl (C=O) groups is 1. The molecule has 0 radical (unpaired) electrons. The number of hydrogen-bond donors (Lipinski definition) is 1. The number of nitrogens with one attached hydrogen (secondary N) is 1. The van der Waals surface area contributed by atoms with Crippen LogP contribution in [-0.2, 0) is 0 Å². The Morgan fingerprint density at radius 1 is 0.857 bits per heavy atom. The number of rotatable bonds is 2. The highest BCUT2D eigenvalue weighted by Gasteiger charge is 2.16. The largest absolute Gasteiger partial charge is 0.422 e. The van der Waals surface area contributed by atoms with E-state index in [0.29, 0.717) is 22.2 Å². The normalized spacial score (nSPS) is 11.1. The Kier molecular flexibility index (Phi) is 3.62. The van der Waals surface area contributed by atoms with Crippen molar-refractivity contribution in [3.8, 4) is 0 Å². The first-order valence-corrected chi connectivity index (χ1v) is 8.67. The van der Waals surface area contributed by atoms with Crippen LogP contribution in [0, 0.1) is 0 Å². The molecule has 0 saturated carbocycles. The molecule has 3 heterocycles. The van der Waals surface area contributed by atoms with Gasteiger partial charge in [-0.2, -0.15) is 0 Å². The number of anilines is 1. The zero-order chi connectivity index (χ0) is 19.1. The SMILES string of the molecule is O=C(Nc1cc2cccnc2c2ncccc12)c1cc2ccccc2oc1=O. The molecule has 5 aromatic rings. The van der Waals surface area contributed by atoms with Crippen molar-refractivity contribution in [2.24, 2.45) is 0 Å². The van der Waals surface area contributed by atoms with Gasteiger partial charge in [0.2, 0.25) is 0 Å². The Labute approximate surface area is 158 Å². The van der Waals surface area contributed by atoms with Gasteiger partial charge in [0.25, 0.3) is 5.91 Å². The summed E-state index contributed by atoms with van der Waals surface area (Å²) in [6.07, 6.45) is 3.38. The molecular weight excluding hydrogens is 354 g/mol. The second-order valence-corrected chi connectivity index (χ2v) is 6.34. The molecule has 0 saturated heterocycles. The lowest BCUT2D eigenvalue weighted by Gasteiger charge is -2.10. The Morgan fingerprint density at radius 3 is 2.50 bits per heavy atom. The zero-order valence-electron chi connectivity index (χ0n) is 14.5. The summed E-state index contributed by atoms with van der Waals surface area (Å²) in [5, 5.41) is 5.10. The number of carbonyl (C=O) groups excluding carboxylic acids is 1. The van der Waals surface area contributed by atoms with Gasteiger partial charge in [-0.05, 0) is 36.4 Å². The number of nitrogens with zero attached hydrogens (tertiary/aromatic N) is 2. The van der Waals surface area contributed by atoms with Crippen LogP contribution in [-0.4, -0.2) is 15.9 Å². The Morgan fingerprint density at radius 2 is 1.61 bits per heavy atom. The van der Waals surface area contributed by atoms with Crippen molar-refractivity contribution < 1.29 is 9.21 Å². The fourth-order valence-electron chi connectivity index (χ4n) is 3.29. The van der Waals surface area contributed by atoms with Crippen LogP contribution < -0.4 is 10.9 Å². The number of para-hydroxylation sites is 1. The monoisotopic (exact) mass is 367 g/mol. The van der Waals surface area contributed by atoms with Crippen molar-refractivity contribution in [3.63, 3.8) is 0 Å². The van der Waals surface area contributed by atoms with E-state index < -0.39 is 11.5 Å². The van der Waals surface area contributed by atoms with E-state index in [9.17, 15) is 9.59 Å². The third kappa shape index (κ3) is 2.59. The Hall–Kier alpha value is -4.06. The number of pyridine rings is 2. The van der Waals surface area contributed by atoms with Crippen LogP contribution in [0.4, 0.5) is 5.69 Å². The molecule has 0 spiro atoms. The minimum atomic E-state index is -0.680. The van der Waals surface area contributed by atoms with E-state index in [1.54, 1.807) is 42.7 Å². The molecule has 0 atom stereocenters. The van der Waals surface area contributed by atoms with E-state index in [2.05, 4.69) is 15.3 Å². The van der Waals surface area contributed by atoms with E-state index in [1.165, 1.54) is 0 Å². The molecule has 0 fully saturated rings. The van der Waals surface area contributed by atoms with Crippen molar-refractivity contribution in [2.45, 2.75) is 0 Å². The molecule has 3 aromatic heterocycles. The van der Waals surface area contributed by atoms with E-state index in [1.807, 2.05) is 30.3 Å². The summed E-state index contributed by atoms with van der Waals surface area (Å²) in [6.45, 7) is 0. The lowest BCUT2D eigenvalue weighted by atomic mass is 10.1. The zero-order valence-corrected chi connectivity index (χ0v) is 14.5. The first-order valence-electron chi connectivity index (χ1n) is 8.67. The summed E-state index contributed by atoms with van der Waals surface area (Å²) in [6, 6.07) is 17.8. The van der Waals surface area contributed by atoms with Gasteiger partial charge in [-0.1, -0.05) is 24.3 Å². The predicted molar refractivity (Wildman–Crippen MR) is 107 cm³/mol. The van der Waals surface area contributed by atoms with Crippen LogP contribution >= 0.6 is 0 Å². The summed E-state index contributed by atoms with van der Waals surface area (Å²) >= 11 is 0. The molecule has 28 heavy (non-hydrogen) atoms. The van der Waals surface area contributed by atoms with Crippen LogP contribution in [0.2, 0.25) is 0 Å². The van der Waals surface area contributed by atoms with Crippen molar-refractivity contribution in [2.75, 3.05) is 5.32 Å².